The van der Waals surface area contributed by atoms with Crippen molar-refractivity contribution >= 4 is 22.7 Å². The van der Waals surface area contributed by atoms with Gasteiger partial charge in [-0.3, -0.25) is 0 Å². The lowest BCUT2D eigenvalue weighted by Gasteiger charge is -2.12. The Labute approximate surface area is 127 Å². The molecule has 0 spiro atoms. The van der Waals surface area contributed by atoms with Gasteiger partial charge in [-0.05, 0) is 30.3 Å². The number of nitrogens with one attached hydrogen (secondary N) is 1. The zero-order chi connectivity index (χ0) is 14.5. The lowest BCUT2D eigenvalue weighted by molar-refractivity contribution is 0.127. The Morgan fingerprint density at radius 3 is 3.00 bits per heavy atom. The number of aliphatic hydroxyl groups excluding tert-OH is 1. The molecular weight excluding hydrogens is 284 g/mol. The SMILES string of the molecule is O[C@@H](COc1cccc2[nH]ccc12)CSc1ccccn1. The molecule has 0 aliphatic rings. The summed E-state index contributed by atoms with van der Waals surface area (Å²) in [5.41, 5.74) is 1.03. The summed E-state index contributed by atoms with van der Waals surface area (Å²) in [4.78, 5) is 7.35. The van der Waals surface area contributed by atoms with Crippen molar-refractivity contribution in [3.8, 4) is 5.75 Å². The molecule has 4 nitrogen and oxygen atoms in total. The van der Waals surface area contributed by atoms with Gasteiger partial charge in [-0.15, -0.1) is 11.8 Å². The van der Waals surface area contributed by atoms with Crippen molar-refractivity contribution in [1.29, 1.82) is 0 Å². The number of aromatic amines is 1. The highest BCUT2D eigenvalue weighted by Gasteiger charge is 2.09. The van der Waals surface area contributed by atoms with Gasteiger partial charge in [0.25, 0.3) is 0 Å². The molecule has 1 aromatic carbocycles. The van der Waals surface area contributed by atoms with Gasteiger partial charge in [-0.25, -0.2) is 4.98 Å². The lowest BCUT2D eigenvalue weighted by atomic mass is 10.2. The summed E-state index contributed by atoms with van der Waals surface area (Å²) < 4.78 is 5.72. The number of pyridine rings is 1. The maximum Gasteiger partial charge on any atom is 0.128 e. The molecule has 0 saturated heterocycles. The van der Waals surface area contributed by atoms with Crippen LogP contribution in [0.2, 0.25) is 0 Å². The Kier molecular flexibility index (Phi) is 4.43. The number of ether oxygens (including phenoxy) is 1. The van der Waals surface area contributed by atoms with E-state index in [9.17, 15) is 5.11 Å². The second-order valence-electron chi connectivity index (χ2n) is 4.64. The summed E-state index contributed by atoms with van der Waals surface area (Å²) in [5, 5.41) is 11.9. The monoisotopic (exact) mass is 300 g/mol. The smallest absolute Gasteiger partial charge is 0.128 e. The molecule has 2 heterocycles. The normalized spacial score (nSPS) is 12.4. The second kappa shape index (κ2) is 6.65. The molecule has 0 aliphatic heterocycles. The molecule has 2 aromatic heterocycles. The highest BCUT2D eigenvalue weighted by molar-refractivity contribution is 7.99. The average Bonchev–Trinajstić information content (AvgIpc) is 3.01. The van der Waals surface area contributed by atoms with E-state index in [2.05, 4.69) is 9.97 Å². The zero-order valence-electron chi connectivity index (χ0n) is 11.4. The molecule has 1 atom stereocenters. The molecule has 3 aromatic rings. The molecule has 21 heavy (non-hydrogen) atoms. The molecule has 3 rings (SSSR count). The number of fused-ring (bicyclic) bond motifs is 1. The fourth-order valence-corrected chi connectivity index (χ4v) is 2.80. The lowest BCUT2D eigenvalue weighted by Crippen LogP contribution is -2.20. The number of hydrogen-bond donors (Lipinski definition) is 2. The van der Waals surface area contributed by atoms with E-state index < -0.39 is 6.10 Å². The summed E-state index contributed by atoms with van der Waals surface area (Å²) in [6, 6.07) is 13.6. The van der Waals surface area contributed by atoms with E-state index in [0.717, 1.165) is 21.7 Å². The van der Waals surface area contributed by atoms with Crippen LogP contribution in [0.5, 0.6) is 5.75 Å². The van der Waals surface area contributed by atoms with Crippen molar-refractivity contribution in [3.05, 3.63) is 54.9 Å². The van der Waals surface area contributed by atoms with E-state index in [0.29, 0.717) is 5.75 Å². The quantitative estimate of drug-likeness (QED) is 0.687. The van der Waals surface area contributed by atoms with Crippen LogP contribution in [0.1, 0.15) is 0 Å². The van der Waals surface area contributed by atoms with Gasteiger partial charge in [0.15, 0.2) is 0 Å². The molecule has 0 fully saturated rings. The van der Waals surface area contributed by atoms with Crippen molar-refractivity contribution in [2.24, 2.45) is 0 Å². The van der Waals surface area contributed by atoms with Crippen LogP contribution in [-0.4, -0.2) is 33.5 Å². The summed E-state index contributed by atoms with van der Waals surface area (Å²) >= 11 is 1.52. The summed E-state index contributed by atoms with van der Waals surface area (Å²) in [6.45, 7) is 0.268. The first-order valence-corrected chi connectivity index (χ1v) is 7.72. The van der Waals surface area contributed by atoms with Crippen molar-refractivity contribution in [1.82, 2.24) is 9.97 Å². The van der Waals surface area contributed by atoms with Gasteiger partial charge in [0, 0.05) is 29.0 Å². The van der Waals surface area contributed by atoms with Crippen LogP contribution >= 0.6 is 11.8 Å². The Morgan fingerprint density at radius 1 is 1.19 bits per heavy atom. The van der Waals surface area contributed by atoms with E-state index in [1.807, 2.05) is 48.7 Å². The number of aromatic nitrogens is 2. The molecule has 0 bridgehead atoms. The zero-order valence-corrected chi connectivity index (χ0v) is 12.2. The Balaban J connectivity index is 1.54. The van der Waals surface area contributed by atoms with Crippen molar-refractivity contribution in [3.63, 3.8) is 0 Å². The summed E-state index contributed by atoms with van der Waals surface area (Å²) in [7, 11) is 0. The number of benzene rings is 1. The fourth-order valence-electron chi connectivity index (χ4n) is 2.03. The van der Waals surface area contributed by atoms with Gasteiger partial charge >= 0.3 is 0 Å². The highest BCUT2D eigenvalue weighted by Crippen LogP contribution is 2.24. The largest absolute Gasteiger partial charge is 0.490 e. The van der Waals surface area contributed by atoms with Gasteiger partial charge in [0.1, 0.15) is 12.4 Å². The number of nitrogens with zero attached hydrogens (tertiary/aromatic N) is 1. The van der Waals surface area contributed by atoms with Crippen LogP contribution < -0.4 is 4.74 Å². The topological polar surface area (TPSA) is 58.1 Å². The molecule has 0 aliphatic carbocycles. The van der Waals surface area contributed by atoms with Crippen molar-refractivity contribution in [2.45, 2.75) is 11.1 Å². The highest BCUT2D eigenvalue weighted by atomic mass is 32.2. The summed E-state index contributed by atoms with van der Waals surface area (Å²) in [6.07, 6.45) is 3.09. The Hall–Kier alpha value is -1.98. The average molecular weight is 300 g/mol. The van der Waals surface area contributed by atoms with Crippen LogP contribution in [0.25, 0.3) is 10.9 Å². The van der Waals surface area contributed by atoms with Gasteiger partial charge in [-0.1, -0.05) is 12.1 Å². The van der Waals surface area contributed by atoms with Gasteiger partial charge in [0.2, 0.25) is 0 Å². The Bertz CT molecular complexity index is 700. The van der Waals surface area contributed by atoms with E-state index in [-0.39, 0.29) is 6.61 Å². The second-order valence-corrected chi connectivity index (χ2v) is 5.68. The van der Waals surface area contributed by atoms with Gasteiger partial charge < -0.3 is 14.8 Å². The number of H-pyrrole nitrogens is 1. The van der Waals surface area contributed by atoms with Crippen LogP contribution in [0.15, 0.2) is 59.9 Å². The van der Waals surface area contributed by atoms with E-state index in [1.54, 1.807) is 6.20 Å². The molecule has 0 unspecified atom stereocenters. The van der Waals surface area contributed by atoms with Crippen LogP contribution in [0, 0.1) is 0 Å². The third kappa shape index (κ3) is 3.56. The van der Waals surface area contributed by atoms with Gasteiger partial charge in [0.05, 0.1) is 11.1 Å². The minimum Gasteiger partial charge on any atom is -0.490 e. The molecular formula is C16H16N2O2S. The molecule has 0 radical (unpaired) electrons. The van der Waals surface area contributed by atoms with Crippen LogP contribution in [0.3, 0.4) is 0 Å². The number of aliphatic hydroxyl groups is 1. The molecule has 0 amide bonds. The third-order valence-corrected chi connectivity index (χ3v) is 4.14. The number of thioether (sulfide) groups is 1. The predicted octanol–water partition coefficient (Wildman–Crippen LogP) is 3.09. The van der Waals surface area contributed by atoms with E-state index in [4.69, 9.17) is 4.74 Å². The first-order chi connectivity index (χ1) is 10.3. The maximum absolute atomic E-state index is 10.0. The van der Waals surface area contributed by atoms with Crippen molar-refractivity contribution in [2.75, 3.05) is 12.4 Å². The molecule has 108 valence electrons. The predicted molar refractivity (Wildman–Crippen MR) is 84.8 cm³/mol. The van der Waals surface area contributed by atoms with Crippen molar-refractivity contribution < 1.29 is 9.84 Å². The third-order valence-electron chi connectivity index (χ3n) is 3.05. The molecule has 5 heteroatoms. The first-order valence-electron chi connectivity index (χ1n) is 6.74. The van der Waals surface area contributed by atoms with Crippen LogP contribution in [-0.2, 0) is 0 Å². The first kappa shape index (κ1) is 14.0. The minimum absolute atomic E-state index is 0.268. The van der Waals surface area contributed by atoms with E-state index >= 15 is 0 Å². The van der Waals surface area contributed by atoms with Crippen LogP contribution in [0.4, 0.5) is 0 Å². The van der Waals surface area contributed by atoms with E-state index in [1.165, 1.54) is 11.8 Å². The number of rotatable bonds is 6. The van der Waals surface area contributed by atoms with Gasteiger partial charge in [-0.2, -0.15) is 0 Å². The number of hydrogen-bond acceptors (Lipinski definition) is 4. The standard InChI is InChI=1S/C16H16N2O2S/c19-12(11-21-16-6-1-2-8-18-16)10-20-15-5-3-4-14-13(15)7-9-17-14/h1-9,12,17,19H,10-11H2/t12-/m0/s1. The maximum atomic E-state index is 10.0. The summed E-state index contributed by atoms with van der Waals surface area (Å²) in [5.74, 6) is 1.34. The Morgan fingerprint density at radius 2 is 2.14 bits per heavy atom. The molecule has 2 N–H and O–H groups in total. The molecule has 0 saturated carbocycles. The minimum atomic E-state index is -0.536. The fraction of sp³-hybridized carbons (Fsp3) is 0.188.